The summed E-state index contributed by atoms with van der Waals surface area (Å²) in [5, 5.41) is 0.184. The number of H-pyrrole nitrogens is 1. The molecule has 176 valence electrons. The zero-order chi connectivity index (χ0) is 24.6. The Hall–Kier alpha value is -3.90. The van der Waals surface area contributed by atoms with E-state index in [-0.39, 0.29) is 39.3 Å². The van der Waals surface area contributed by atoms with Gasteiger partial charge in [-0.25, -0.2) is 18.5 Å². The van der Waals surface area contributed by atoms with Crippen molar-refractivity contribution in [2.24, 2.45) is 12.8 Å². The second kappa shape index (κ2) is 9.15. The highest BCUT2D eigenvalue weighted by atomic mass is 32.2. The standard InChI is InChI=1S/C22H19F2N5O4S/c1-3-34(32)28-12-7-13(21(26-9-12)33-18-5-4-11(23)6-16(18)24)15-10-29(2)22(31)14-8-17(20(25)30)27-19(14)15/h4-10,27-28H,3H2,1-2H3,(H2,25,30). The topological polar surface area (TPSA) is 138 Å². The van der Waals surface area contributed by atoms with Gasteiger partial charge in [-0.15, -0.1) is 0 Å². The highest BCUT2D eigenvalue weighted by Crippen LogP contribution is 2.37. The molecule has 4 rings (SSSR count). The van der Waals surface area contributed by atoms with Gasteiger partial charge in [0.2, 0.25) is 5.88 Å². The van der Waals surface area contributed by atoms with Crippen LogP contribution < -0.4 is 20.8 Å². The van der Waals surface area contributed by atoms with E-state index >= 15 is 0 Å². The van der Waals surface area contributed by atoms with Gasteiger partial charge in [0, 0.05) is 24.9 Å². The molecule has 0 saturated carbocycles. The Morgan fingerprint density at radius 2 is 2.06 bits per heavy atom. The van der Waals surface area contributed by atoms with Crippen LogP contribution in [0.3, 0.4) is 0 Å². The van der Waals surface area contributed by atoms with Gasteiger partial charge < -0.3 is 24.6 Å². The summed E-state index contributed by atoms with van der Waals surface area (Å²) in [7, 11) is 1.52. The zero-order valence-electron chi connectivity index (χ0n) is 18.0. The molecule has 0 aliphatic heterocycles. The number of aromatic amines is 1. The van der Waals surface area contributed by atoms with E-state index in [0.717, 1.165) is 12.1 Å². The van der Waals surface area contributed by atoms with Gasteiger partial charge in [-0.05, 0) is 31.2 Å². The molecule has 0 saturated heterocycles. The minimum atomic E-state index is -1.39. The second-order valence-corrected chi connectivity index (χ2v) is 8.76. The number of ether oxygens (including phenoxy) is 1. The Kier molecular flexibility index (Phi) is 6.26. The van der Waals surface area contributed by atoms with Crippen molar-refractivity contribution in [1.82, 2.24) is 14.5 Å². The summed E-state index contributed by atoms with van der Waals surface area (Å²) in [4.78, 5) is 31.4. The SMILES string of the molecule is CC[S+]([O-])Nc1cnc(Oc2ccc(F)cc2F)c(-c2cn(C)c(=O)c3cc(C(N)=O)[nH]c23)c1. The molecular weight excluding hydrogens is 468 g/mol. The number of nitrogens with zero attached hydrogens (tertiary/aromatic N) is 2. The first kappa shape index (κ1) is 23.3. The molecule has 0 spiro atoms. The third-order valence-corrected chi connectivity index (χ3v) is 5.95. The first-order chi connectivity index (χ1) is 16.2. The minimum absolute atomic E-state index is 0.0147. The fourth-order valence-electron chi connectivity index (χ4n) is 3.33. The first-order valence-corrected chi connectivity index (χ1v) is 11.3. The number of aromatic nitrogens is 3. The van der Waals surface area contributed by atoms with Crippen LogP contribution in [0.5, 0.6) is 11.6 Å². The van der Waals surface area contributed by atoms with E-state index in [2.05, 4.69) is 14.7 Å². The van der Waals surface area contributed by atoms with Crippen molar-refractivity contribution in [1.29, 1.82) is 0 Å². The Morgan fingerprint density at radius 1 is 1.29 bits per heavy atom. The van der Waals surface area contributed by atoms with Crippen LogP contribution in [0.15, 0.2) is 47.5 Å². The molecule has 0 bridgehead atoms. The van der Waals surface area contributed by atoms with Crippen LogP contribution in [0.4, 0.5) is 14.5 Å². The van der Waals surface area contributed by atoms with E-state index in [4.69, 9.17) is 10.5 Å². The van der Waals surface area contributed by atoms with Crippen molar-refractivity contribution in [3.05, 3.63) is 70.4 Å². The number of rotatable bonds is 7. The molecule has 34 heavy (non-hydrogen) atoms. The number of nitrogens with two attached hydrogens (primary N) is 1. The number of pyridine rings is 2. The zero-order valence-corrected chi connectivity index (χ0v) is 18.8. The van der Waals surface area contributed by atoms with E-state index in [1.165, 1.54) is 30.1 Å². The largest absolute Gasteiger partial charge is 0.593 e. The van der Waals surface area contributed by atoms with E-state index < -0.39 is 28.9 Å². The minimum Gasteiger partial charge on any atom is -0.593 e. The number of anilines is 1. The van der Waals surface area contributed by atoms with E-state index in [1.807, 2.05) is 0 Å². The van der Waals surface area contributed by atoms with Gasteiger partial charge in [0.1, 0.15) is 23.0 Å². The van der Waals surface area contributed by atoms with Crippen LogP contribution in [0.2, 0.25) is 0 Å². The highest BCUT2D eigenvalue weighted by molar-refractivity contribution is 7.92. The molecule has 1 amide bonds. The number of halogens is 2. The summed E-state index contributed by atoms with van der Waals surface area (Å²) in [6.07, 6.45) is 2.83. The molecule has 9 nitrogen and oxygen atoms in total. The predicted octanol–water partition coefficient (Wildman–Crippen LogP) is 3.19. The molecule has 3 heterocycles. The molecule has 0 aliphatic carbocycles. The van der Waals surface area contributed by atoms with Crippen molar-refractivity contribution in [3.63, 3.8) is 0 Å². The fourth-order valence-corrected chi connectivity index (χ4v) is 3.85. The smallest absolute Gasteiger partial charge is 0.265 e. The van der Waals surface area contributed by atoms with Crippen molar-refractivity contribution in [2.45, 2.75) is 6.92 Å². The van der Waals surface area contributed by atoms with E-state index in [9.17, 15) is 22.9 Å². The maximum Gasteiger partial charge on any atom is 0.265 e. The number of benzene rings is 1. The molecule has 1 aromatic carbocycles. The van der Waals surface area contributed by atoms with Crippen molar-refractivity contribution in [2.75, 3.05) is 10.5 Å². The second-order valence-electron chi connectivity index (χ2n) is 7.28. The molecule has 1 atom stereocenters. The summed E-state index contributed by atoms with van der Waals surface area (Å²) < 4.78 is 49.4. The molecule has 4 N–H and O–H groups in total. The van der Waals surface area contributed by atoms with Crippen molar-refractivity contribution >= 4 is 33.9 Å². The normalized spacial score (nSPS) is 12.0. The maximum absolute atomic E-state index is 14.3. The van der Waals surface area contributed by atoms with Crippen LogP contribution in [0.1, 0.15) is 17.4 Å². The van der Waals surface area contributed by atoms with E-state index in [1.54, 1.807) is 13.0 Å². The Morgan fingerprint density at radius 3 is 2.74 bits per heavy atom. The number of amides is 1. The summed E-state index contributed by atoms with van der Waals surface area (Å²) in [6.45, 7) is 1.73. The Balaban J connectivity index is 1.95. The molecule has 12 heteroatoms. The van der Waals surface area contributed by atoms with Gasteiger partial charge in [-0.1, -0.05) is 0 Å². The van der Waals surface area contributed by atoms with Gasteiger partial charge in [-0.2, -0.15) is 0 Å². The predicted molar refractivity (Wildman–Crippen MR) is 124 cm³/mol. The number of aryl methyl sites for hydroxylation is 1. The number of hydrogen-bond donors (Lipinski definition) is 3. The van der Waals surface area contributed by atoms with Gasteiger partial charge in [0.05, 0.1) is 34.0 Å². The van der Waals surface area contributed by atoms with Crippen LogP contribution >= 0.6 is 0 Å². The molecule has 0 aliphatic rings. The van der Waals surface area contributed by atoms with Crippen molar-refractivity contribution in [3.8, 4) is 22.8 Å². The number of carbonyl (C=O) groups is 1. The van der Waals surface area contributed by atoms with Gasteiger partial charge >= 0.3 is 0 Å². The number of hydrogen-bond acceptors (Lipinski definition) is 6. The van der Waals surface area contributed by atoms with Gasteiger partial charge in [0.15, 0.2) is 11.6 Å². The molecule has 0 fully saturated rings. The lowest BCUT2D eigenvalue weighted by molar-refractivity contribution is 0.0996. The highest BCUT2D eigenvalue weighted by Gasteiger charge is 2.21. The number of primary amides is 1. The lowest BCUT2D eigenvalue weighted by Crippen LogP contribution is -2.16. The van der Waals surface area contributed by atoms with Gasteiger partial charge in [-0.3, -0.25) is 9.59 Å². The Bertz CT molecular complexity index is 1470. The number of fused-ring (bicyclic) bond motifs is 1. The van der Waals surface area contributed by atoms with Crippen LogP contribution in [0, 0.1) is 11.6 Å². The summed E-state index contributed by atoms with van der Waals surface area (Å²) in [5.41, 5.74) is 6.30. The van der Waals surface area contributed by atoms with Gasteiger partial charge in [0.25, 0.3) is 11.5 Å². The maximum atomic E-state index is 14.3. The van der Waals surface area contributed by atoms with Crippen molar-refractivity contribution < 1.29 is 22.9 Å². The monoisotopic (exact) mass is 487 g/mol. The fraction of sp³-hybridized carbons (Fsp3) is 0.136. The average Bonchev–Trinajstić information content (AvgIpc) is 3.25. The number of nitrogens with one attached hydrogen (secondary N) is 2. The average molecular weight is 487 g/mol. The molecule has 0 radical (unpaired) electrons. The Labute approximate surface area is 194 Å². The summed E-state index contributed by atoms with van der Waals surface area (Å²) in [6, 6.07) is 5.72. The quantitative estimate of drug-likeness (QED) is 0.342. The lowest BCUT2D eigenvalue weighted by atomic mass is 10.1. The summed E-state index contributed by atoms with van der Waals surface area (Å²) >= 11 is -1.39. The van der Waals surface area contributed by atoms with E-state index in [0.29, 0.717) is 23.1 Å². The van der Waals surface area contributed by atoms with Crippen LogP contribution in [-0.2, 0) is 18.4 Å². The lowest BCUT2D eigenvalue weighted by Gasteiger charge is -2.15. The third-order valence-electron chi connectivity index (χ3n) is 4.96. The third kappa shape index (κ3) is 4.45. The first-order valence-electron chi connectivity index (χ1n) is 9.98. The molecular formula is C22H19F2N5O4S. The molecule has 3 aromatic heterocycles. The number of carbonyl (C=O) groups excluding carboxylic acids is 1. The molecule has 4 aromatic rings. The van der Waals surface area contributed by atoms with Crippen LogP contribution in [-0.4, -0.2) is 30.7 Å². The summed E-state index contributed by atoms with van der Waals surface area (Å²) in [5.74, 6) is -2.50. The molecule has 1 unspecified atom stereocenters. The van der Waals surface area contributed by atoms with Crippen LogP contribution in [0.25, 0.3) is 22.0 Å².